The first-order valence-electron chi connectivity index (χ1n) is 10.7. The summed E-state index contributed by atoms with van der Waals surface area (Å²) in [7, 11) is 0. The second-order valence-electron chi connectivity index (χ2n) is 8.26. The lowest BCUT2D eigenvalue weighted by molar-refractivity contribution is 0.102. The number of anilines is 1. The Kier molecular flexibility index (Phi) is 4.22. The predicted molar refractivity (Wildman–Crippen MR) is 115 cm³/mol. The van der Waals surface area contributed by atoms with E-state index in [4.69, 9.17) is 4.74 Å². The van der Waals surface area contributed by atoms with Gasteiger partial charge in [-0.3, -0.25) is 9.89 Å². The van der Waals surface area contributed by atoms with E-state index in [-0.39, 0.29) is 12.0 Å². The molecule has 0 saturated heterocycles. The summed E-state index contributed by atoms with van der Waals surface area (Å²) in [6.07, 6.45) is 12.7. The maximum Gasteiger partial charge on any atom is 0.261 e. The number of H-pyrrole nitrogens is 1. The van der Waals surface area contributed by atoms with Crippen LogP contribution in [0, 0.1) is 0 Å². The summed E-state index contributed by atoms with van der Waals surface area (Å²) in [5.41, 5.74) is 4.51. The first-order valence-corrected chi connectivity index (χ1v) is 10.7. The maximum absolute atomic E-state index is 13.0. The Labute approximate surface area is 178 Å². The Hall–Kier alpha value is -3.68. The Bertz CT molecular complexity index is 1270. The number of carbonyl (C=O) groups excluding carboxylic acids is 1. The van der Waals surface area contributed by atoms with Crippen molar-refractivity contribution < 1.29 is 9.53 Å². The number of amides is 1. The second-order valence-corrected chi connectivity index (χ2v) is 8.26. The minimum atomic E-state index is -0.281. The number of carbonyl (C=O) groups is 1. The molecule has 2 saturated carbocycles. The van der Waals surface area contributed by atoms with Crippen LogP contribution in [-0.2, 0) is 0 Å². The van der Waals surface area contributed by atoms with Gasteiger partial charge >= 0.3 is 0 Å². The van der Waals surface area contributed by atoms with Gasteiger partial charge in [0.25, 0.3) is 5.91 Å². The number of nitrogens with one attached hydrogen (secondary N) is 2. The van der Waals surface area contributed by atoms with Gasteiger partial charge in [0, 0.05) is 18.0 Å². The summed E-state index contributed by atoms with van der Waals surface area (Å²) in [5.74, 6) is 1.14. The molecule has 156 valence electrons. The summed E-state index contributed by atoms with van der Waals surface area (Å²) >= 11 is 0. The van der Waals surface area contributed by atoms with Crippen molar-refractivity contribution in [3.05, 3.63) is 60.2 Å². The summed E-state index contributed by atoms with van der Waals surface area (Å²) < 4.78 is 7.75. The van der Waals surface area contributed by atoms with Crippen LogP contribution in [0.15, 0.2) is 49.1 Å². The van der Waals surface area contributed by atoms with E-state index < -0.39 is 0 Å². The van der Waals surface area contributed by atoms with E-state index in [9.17, 15) is 4.79 Å². The molecule has 0 bridgehead atoms. The van der Waals surface area contributed by atoms with Crippen LogP contribution in [0.5, 0.6) is 5.75 Å². The third-order valence-electron chi connectivity index (χ3n) is 6.08. The average molecular weight is 414 g/mol. The summed E-state index contributed by atoms with van der Waals surface area (Å²) in [6.45, 7) is 0. The molecule has 2 N–H and O–H groups in total. The van der Waals surface area contributed by atoms with Crippen LogP contribution in [-0.4, -0.2) is 36.8 Å². The van der Waals surface area contributed by atoms with Gasteiger partial charge in [-0.05, 0) is 55.4 Å². The van der Waals surface area contributed by atoms with Crippen molar-refractivity contribution in [2.24, 2.45) is 0 Å². The fourth-order valence-electron chi connectivity index (χ4n) is 3.97. The van der Waals surface area contributed by atoms with Crippen molar-refractivity contribution in [1.29, 1.82) is 0 Å². The van der Waals surface area contributed by atoms with Crippen LogP contribution >= 0.6 is 0 Å². The fraction of sp³-hybridized carbons (Fsp3) is 0.304. The van der Waals surface area contributed by atoms with Gasteiger partial charge in [-0.15, -0.1) is 0 Å². The highest BCUT2D eigenvalue weighted by molar-refractivity contribution is 6.09. The molecule has 8 heteroatoms. The molecule has 2 fully saturated rings. The van der Waals surface area contributed by atoms with E-state index in [1.54, 1.807) is 29.2 Å². The van der Waals surface area contributed by atoms with Gasteiger partial charge in [0.1, 0.15) is 11.3 Å². The van der Waals surface area contributed by atoms with E-state index in [2.05, 4.69) is 43.8 Å². The zero-order chi connectivity index (χ0) is 20.8. The van der Waals surface area contributed by atoms with Gasteiger partial charge in [-0.2, -0.15) is 10.2 Å². The molecule has 1 aromatic carbocycles. The van der Waals surface area contributed by atoms with E-state index in [1.807, 2.05) is 0 Å². The van der Waals surface area contributed by atoms with Gasteiger partial charge in [-0.1, -0.05) is 12.5 Å². The summed E-state index contributed by atoms with van der Waals surface area (Å²) in [4.78, 5) is 17.3. The van der Waals surface area contributed by atoms with Crippen molar-refractivity contribution in [3.8, 4) is 17.0 Å². The summed E-state index contributed by atoms with van der Waals surface area (Å²) in [5, 5.41) is 14.4. The number of hydrogen-bond donors (Lipinski definition) is 2. The van der Waals surface area contributed by atoms with Crippen molar-refractivity contribution in [3.63, 3.8) is 0 Å². The number of rotatable bonds is 6. The van der Waals surface area contributed by atoms with Gasteiger partial charge in [0.15, 0.2) is 5.65 Å². The Morgan fingerprint density at radius 1 is 1.19 bits per heavy atom. The third kappa shape index (κ3) is 3.34. The number of fused-ring (bicyclic) bond motifs is 1. The lowest BCUT2D eigenvalue weighted by Gasteiger charge is -2.26. The molecule has 0 atom stereocenters. The topological polar surface area (TPSA) is 97.2 Å². The normalized spacial score (nSPS) is 16.3. The molecule has 4 aromatic rings. The van der Waals surface area contributed by atoms with Gasteiger partial charge in [0.05, 0.1) is 29.9 Å². The van der Waals surface area contributed by atoms with Crippen molar-refractivity contribution in [2.75, 3.05) is 5.32 Å². The maximum atomic E-state index is 13.0. The Morgan fingerprint density at radius 2 is 2.10 bits per heavy atom. The molecule has 3 aromatic heterocycles. The average Bonchev–Trinajstić information content (AvgIpc) is 3.27. The minimum absolute atomic E-state index is 0.277. The van der Waals surface area contributed by atoms with Crippen molar-refractivity contribution in [2.45, 2.75) is 44.1 Å². The molecule has 0 spiro atoms. The van der Waals surface area contributed by atoms with Crippen LogP contribution in [0.25, 0.3) is 16.9 Å². The summed E-state index contributed by atoms with van der Waals surface area (Å²) in [6, 6.07) is 8.18. The quantitative estimate of drug-likeness (QED) is 0.493. The number of nitrogens with zero attached hydrogens (tertiary/aromatic N) is 4. The van der Waals surface area contributed by atoms with Crippen LogP contribution < -0.4 is 10.1 Å². The molecule has 2 aliphatic carbocycles. The second kappa shape index (κ2) is 7.23. The SMILES string of the molecule is O=C(Nc1cn[nH]c1-c1cc(C2CCC2)ccc1OC1CC1)c1cnn2cccnc12. The predicted octanol–water partition coefficient (Wildman–Crippen LogP) is 4.18. The lowest BCUT2D eigenvalue weighted by atomic mass is 9.79. The number of aromatic amines is 1. The molecular weight excluding hydrogens is 392 g/mol. The zero-order valence-corrected chi connectivity index (χ0v) is 16.9. The molecule has 0 radical (unpaired) electrons. The van der Waals surface area contributed by atoms with Crippen LogP contribution in [0.3, 0.4) is 0 Å². The van der Waals surface area contributed by atoms with E-state index in [1.165, 1.54) is 31.0 Å². The number of benzene rings is 1. The Balaban J connectivity index is 1.35. The molecule has 2 aliphatic rings. The highest BCUT2D eigenvalue weighted by Crippen LogP contribution is 2.42. The van der Waals surface area contributed by atoms with E-state index in [0.29, 0.717) is 22.8 Å². The molecule has 31 heavy (non-hydrogen) atoms. The molecule has 6 rings (SSSR count). The lowest BCUT2D eigenvalue weighted by Crippen LogP contribution is -2.13. The highest BCUT2D eigenvalue weighted by Gasteiger charge is 2.27. The monoisotopic (exact) mass is 414 g/mol. The van der Waals surface area contributed by atoms with Crippen LogP contribution in [0.2, 0.25) is 0 Å². The van der Waals surface area contributed by atoms with Gasteiger partial charge in [0.2, 0.25) is 0 Å². The van der Waals surface area contributed by atoms with Crippen LogP contribution in [0.4, 0.5) is 5.69 Å². The molecular formula is C23H22N6O2. The number of aromatic nitrogens is 5. The van der Waals surface area contributed by atoms with Crippen LogP contribution in [0.1, 0.15) is 53.9 Å². The van der Waals surface area contributed by atoms with Gasteiger partial charge < -0.3 is 10.1 Å². The number of hydrogen-bond acceptors (Lipinski definition) is 5. The van der Waals surface area contributed by atoms with E-state index in [0.717, 1.165) is 29.8 Å². The molecule has 1 amide bonds. The fourth-order valence-corrected chi connectivity index (χ4v) is 3.97. The number of ether oxygens (including phenoxy) is 1. The van der Waals surface area contributed by atoms with E-state index >= 15 is 0 Å². The first-order chi connectivity index (χ1) is 15.3. The Morgan fingerprint density at radius 3 is 2.90 bits per heavy atom. The van der Waals surface area contributed by atoms with Crippen molar-refractivity contribution >= 4 is 17.2 Å². The third-order valence-corrected chi connectivity index (χ3v) is 6.08. The molecule has 0 unspecified atom stereocenters. The smallest absolute Gasteiger partial charge is 0.261 e. The largest absolute Gasteiger partial charge is 0.490 e. The molecule has 3 heterocycles. The first kappa shape index (κ1) is 18.1. The standard InChI is InChI=1S/C23H22N6O2/c30-23(18-12-26-29-10-2-9-24-22(18)29)27-19-13-25-28-21(19)17-11-15(14-3-1-4-14)5-8-20(17)31-16-6-7-16/h2,5,8-14,16H,1,3-4,6-7H2,(H,25,28)(H,27,30). The van der Waals surface area contributed by atoms with Crippen molar-refractivity contribution in [1.82, 2.24) is 24.8 Å². The molecule has 0 aliphatic heterocycles. The molecule has 8 nitrogen and oxygen atoms in total. The zero-order valence-electron chi connectivity index (χ0n) is 16.9. The van der Waals surface area contributed by atoms with Gasteiger partial charge in [-0.25, -0.2) is 9.50 Å². The highest BCUT2D eigenvalue weighted by atomic mass is 16.5. The minimum Gasteiger partial charge on any atom is -0.490 e.